The Morgan fingerprint density at radius 3 is 2.87 bits per heavy atom. The van der Waals surface area contributed by atoms with Crippen LogP contribution in [0.15, 0.2) is 0 Å². The van der Waals surface area contributed by atoms with Gasteiger partial charge in [0.1, 0.15) is 12.6 Å². The summed E-state index contributed by atoms with van der Waals surface area (Å²) in [7, 11) is 0. The van der Waals surface area contributed by atoms with E-state index in [1.165, 1.54) is 0 Å². The Bertz CT molecular complexity index is 277. The molecule has 0 aromatic heterocycles. The maximum atomic E-state index is 11.4. The van der Waals surface area contributed by atoms with Crippen LogP contribution in [0, 0.1) is 0 Å². The fourth-order valence-electron chi connectivity index (χ4n) is 1.31. The van der Waals surface area contributed by atoms with Crippen molar-refractivity contribution < 1.29 is 19.1 Å². The molecule has 15 heavy (non-hydrogen) atoms. The van der Waals surface area contributed by atoms with Crippen LogP contribution in [0.4, 0.5) is 0 Å². The number of hydrogen-bond acceptors (Lipinski definition) is 4. The third kappa shape index (κ3) is 3.57. The van der Waals surface area contributed by atoms with Crippen molar-refractivity contribution in [3.8, 4) is 0 Å². The first kappa shape index (κ1) is 11.5. The number of esters is 1. The first-order valence-corrected chi connectivity index (χ1v) is 4.86. The first-order chi connectivity index (χ1) is 7.13. The monoisotopic (exact) mass is 214 g/mol. The fraction of sp³-hybridized carbons (Fsp3) is 0.667. The molecule has 0 aromatic carbocycles. The summed E-state index contributed by atoms with van der Waals surface area (Å²) in [6, 6.07) is -0.507. The van der Waals surface area contributed by atoms with Gasteiger partial charge in [-0.05, 0) is 13.3 Å². The van der Waals surface area contributed by atoms with Crippen molar-refractivity contribution >= 4 is 17.8 Å². The Morgan fingerprint density at radius 2 is 2.33 bits per heavy atom. The Morgan fingerprint density at radius 1 is 1.60 bits per heavy atom. The highest BCUT2D eigenvalue weighted by Gasteiger charge is 2.27. The van der Waals surface area contributed by atoms with Crippen LogP contribution < -0.4 is 10.6 Å². The lowest BCUT2D eigenvalue weighted by Crippen LogP contribution is -2.43. The summed E-state index contributed by atoms with van der Waals surface area (Å²) in [5, 5.41) is 4.91. The topological polar surface area (TPSA) is 84.5 Å². The predicted molar refractivity (Wildman–Crippen MR) is 50.8 cm³/mol. The predicted octanol–water partition coefficient (Wildman–Crippen LogP) is -1.06. The van der Waals surface area contributed by atoms with Gasteiger partial charge in [-0.25, -0.2) is 0 Å². The number of ether oxygens (including phenoxy) is 1. The average molecular weight is 214 g/mol. The molecule has 2 N–H and O–H groups in total. The zero-order chi connectivity index (χ0) is 11.3. The van der Waals surface area contributed by atoms with Gasteiger partial charge >= 0.3 is 5.97 Å². The van der Waals surface area contributed by atoms with Gasteiger partial charge in [0.2, 0.25) is 11.8 Å². The van der Waals surface area contributed by atoms with Crippen molar-refractivity contribution in [2.75, 3.05) is 13.2 Å². The molecule has 0 aromatic rings. The molecule has 1 fully saturated rings. The SMILES string of the molecule is CCOC(=O)CNC(=O)[C@H]1CCC(=O)N1. The summed E-state index contributed by atoms with van der Waals surface area (Å²) in [6.07, 6.45) is 0.838. The van der Waals surface area contributed by atoms with E-state index in [0.29, 0.717) is 12.8 Å². The largest absolute Gasteiger partial charge is 0.465 e. The summed E-state index contributed by atoms with van der Waals surface area (Å²) in [4.78, 5) is 33.1. The molecule has 84 valence electrons. The van der Waals surface area contributed by atoms with E-state index in [2.05, 4.69) is 15.4 Å². The van der Waals surface area contributed by atoms with Gasteiger partial charge < -0.3 is 15.4 Å². The second kappa shape index (κ2) is 5.33. The molecule has 1 heterocycles. The Balaban J connectivity index is 2.24. The van der Waals surface area contributed by atoms with E-state index in [-0.39, 0.29) is 25.0 Å². The van der Waals surface area contributed by atoms with Crippen molar-refractivity contribution in [1.82, 2.24) is 10.6 Å². The standard InChI is InChI=1S/C9H14N2O4/c1-2-15-8(13)5-10-9(14)6-3-4-7(12)11-6/h6H,2-5H2,1H3,(H,10,14)(H,11,12)/t6-/m1/s1. The normalized spacial score (nSPS) is 19.5. The van der Waals surface area contributed by atoms with Crippen LogP contribution in [-0.4, -0.2) is 37.0 Å². The molecule has 1 aliphatic rings. The third-order valence-electron chi connectivity index (χ3n) is 2.02. The van der Waals surface area contributed by atoms with Gasteiger partial charge in [0.05, 0.1) is 6.61 Å². The number of hydrogen-bond donors (Lipinski definition) is 2. The van der Waals surface area contributed by atoms with Gasteiger partial charge in [0, 0.05) is 6.42 Å². The van der Waals surface area contributed by atoms with Crippen molar-refractivity contribution in [2.45, 2.75) is 25.8 Å². The minimum absolute atomic E-state index is 0.133. The van der Waals surface area contributed by atoms with E-state index in [1.54, 1.807) is 6.92 Å². The number of carbonyl (C=O) groups excluding carboxylic acids is 3. The van der Waals surface area contributed by atoms with Crippen LogP contribution >= 0.6 is 0 Å². The number of nitrogens with one attached hydrogen (secondary N) is 2. The van der Waals surface area contributed by atoms with E-state index in [4.69, 9.17) is 0 Å². The molecule has 1 saturated heterocycles. The maximum Gasteiger partial charge on any atom is 0.325 e. The highest BCUT2D eigenvalue weighted by molar-refractivity contribution is 5.92. The highest BCUT2D eigenvalue weighted by atomic mass is 16.5. The van der Waals surface area contributed by atoms with Crippen LogP contribution in [0.25, 0.3) is 0 Å². The molecular formula is C9H14N2O4. The summed E-state index contributed by atoms with van der Waals surface area (Å²) < 4.78 is 4.64. The lowest BCUT2D eigenvalue weighted by molar-refractivity contribution is -0.143. The second-order valence-corrected chi connectivity index (χ2v) is 3.18. The van der Waals surface area contributed by atoms with Crippen LogP contribution in [-0.2, 0) is 19.1 Å². The Hall–Kier alpha value is -1.59. The van der Waals surface area contributed by atoms with E-state index in [1.807, 2.05) is 0 Å². The summed E-state index contributed by atoms with van der Waals surface area (Å²) in [5.74, 6) is -0.949. The van der Waals surface area contributed by atoms with Crippen molar-refractivity contribution in [3.63, 3.8) is 0 Å². The van der Waals surface area contributed by atoms with Gasteiger partial charge in [0.15, 0.2) is 0 Å². The van der Waals surface area contributed by atoms with Crippen LogP contribution in [0.5, 0.6) is 0 Å². The van der Waals surface area contributed by atoms with E-state index in [0.717, 1.165) is 0 Å². The van der Waals surface area contributed by atoms with Gasteiger partial charge in [0.25, 0.3) is 0 Å². The van der Waals surface area contributed by atoms with Gasteiger partial charge in [-0.3, -0.25) is 14.4 Å². The van der Waals surface area contributed by atoms with Crippen LogP contribution in [0.1, 0.15) is 19.8 Å². The number of rotatable bonds is 4. The molecular weight excluding hydrogens is 200 g/mol. The fourth-order valence-corrected chi connectivity index (χ4v) is 1.31. The molecule has 0 bridgehead atoms. The average Bonchev–Trinajstić information content (AvgIpc) is 2.62. The van der Waals surface area contributed by atoms with Crippen molar-refractivity contribution in [1.29, 1.82) is 0 Å². The van der Waals surface area contributed by atoms with E-state index < -0.39 is 12.0 Å². The second-order valence-electron chi connectivity index (χ2n) is 3.18. The molecule has 1 rings (SSSR count). The smallest absolute Gasteiger partial charge is 0.325 e. The number of carbonyl (C=O) groups is 3. The zero-order valence-electron chi connectivity index (χ0n) is 8.54. The van der Waals surface area contributed by atoms with Gasteiger partial charge in [-0.15, -0.1) is 0 Å². The molecule has 1 aliphatic heterocycles. The Labute approximate surface area is 87.4 Å². The minimum atomic E-state index is -0.507. The Kier molecular flexibility index (Phi) is 4.08. The lowest BCUT2D eigenvalue weighted by atomic mass is 10.2. The molecule has 0 radical (unpaired) electrons. The van der Waals surface area contributed by atoms with E-state index >= 15 is 0 Å². The summed E-state index contributed by atoms with van der Waals surface area (Å²) in [6.45, 7) is 1.82. The molecule has 2 amide bonds. The summed E-state index contributed by atoms with van der Waals surface area (Å²) >= 11 is 0. The molecule has 0 saturated carbocycles. The lowest BCUT2D eigenvalue weighted by Gasteiger charge is -2.09. The molecule has 0 aliphatic carbocycles. The summed E-state index contributed by atoms with van der Waals surface area (Å²) in [5.41, 5.74) is 0. The molecule has 1 atom stereocenters. The first-order valence-electron chi connectivity index (χ1n) is 4.86. The number of amides is 2. The molecule has 0 spiro atoms. The van der Waals surface area contributed by atoms with Crippen LogP contribution in [0.3, 0.4) is 0 Å². The van der Waals surface area contributed by atoms with Gasteiger partial charge in [-0.2, -0.15) is 0 Å². The molecule has 0 unspecified atom stereocenters. The minimum Gasteiger partial charge on any atom is -0.465 e. The molecule has 6 nitrogen and oxygen atoms in total. The maximum absolute atomic E-state index is 11.4. The van der Waals surface area contributed by atoms with Crippen molar-refractivity contribution in [3.05, 3.63) is 0 Å². The van der Waals surface area contributed by atoms with Crippen molar-refractivity contribution in [2.24, 2.45) is 0 Å². The quantitative estimate of drug-likeness (QED) is 0.584. The molecule has 6 heteroatoms. The highest BCUT2D eigenvalue weighted by Crippen LogP contribution is 2.05. The zero-order valence-corrected chi connectivity index (χ0v) is 8.54. The third-order valence-corrected chi connectivity index (χ3v) is 2.02. The van der Waals surface area contributed by atoms with Crippen LogP contribution in [0.2, 0.25) is 0 Å². The van der Waals surface area contributed by atoms with E-state index in [9.17, 15) is 14.4 Å². The van der Waals surface area contributed by atoms with Gasteiger partial charge in [-0.1, -0.05) is 0 Å².